The SMILES string of the molecule is COc1cc2ncnc(Nc3cccc(Cl)c3F)c2cc1OC1CCC(N2CCC(C(=O)N(C)C)CC2)CC1. The molecule has 0 unspecified atom stereocenters. The number of rotatable bonds is 7. The molecule has 1 saturated heterocycles. The van der Waals surface area contributed by atoms with Crippen molar-refractivity contribution >= 4 is 39.9 Å². The van der Waals surface area contributed by atoms with Crippen molar-refractivity contribution in [2.45, 2.75) is 50.7 Å². The molecule has 1 amide bonds. The van der Waals surface area contributed by atoms with E-state index in [0.717, 1.165) is 51.6 Å². The summed E-state index contributed by atoms with van der Waals surface area (Å²) in [6.07, 6.45) is 7.32. The van der Waals surface area contributed by atoms with Gasteiger partial charge in [0.1, 0.15) is 12.1 Å². The van der Waals surface area contributed by atoms with Crippen molar-refractivity contribution < 1.29 is 18.7 Å². The second-order valence-electron chi connectivity index (χ2n) is 10.6. The lowest BCUT2D eigenvalue weighted by molar-refractivity contribution is -0.134. The largest absolute Gasteiger partial charge is 0.493 e. The van der Waals surface area contributed by atoms with E-state index in [0.29, 0.717) is 34.3 Å². The lowest BCUT2D eigenvalue weighted by Gasteiger charge is -2.40. The first-order valence-electron chi connectivity index (χ1n) is 13.5. The smallest absolute Gasteiger partial charge is 0.225 e. The quantitative estimate of drug-likeness (QED) is 0.402. The van der Waals surface area contributed by atoms with Gasteiger partial charge in [-0.25, -0.2) is 14.4 Å². The minimum absolute atomic E-state index is 0.0334. The van der Waals surface area contributed by atoms with Crippen LogP contribution in [0.4, 0.5) is 15.9 Å². The number of methoxy groups -OCH3 is 1. The molecule has 2 aliphatic rings. The van der Waals surface area contributed by atoms with Gasteiger partial charge in [0.2, 0.25) is 5.91 Å². The van der Waals surface area contributed by atoms with Gasteiger partial charge in [-0.1, -0.05) is 17.7 Å². The van der Waals surface area contributed by atoms with Crippen LogP contribution in [0.5, 0.6) is 11.5 Å². The minimum Gasteiger partial charge on any atom is -0.493 e. The first kappa shape index (κ1) is 27.4. The van der Waals surface area contributed by atoms with Crippen LogP contribution in [0, 0.1) is 11.7 Å². The van der Waals surface area contributed by atoms with Crippen molar-refractivity contribution in [3.8, 4) is 11.5 Å². The Balaban J connectivity index is 1.26. The molecule has 1 aliphatic carbocycles. The molecule has 2 heterocycles. The predicted octanol–water partition coefficient (Wildman–Crippen LogP) is 5.66. The maximum absolute atomic E-state index is 14.5. The van der Waals surface area contributed by atoms with E-state index in [4.69, 9.17) is 21.1 Å². The lowest BCUT2D eigenvalue weighted by atomic mass is 9.88. The Morgan fingerprint density at radius 1 is 1.08 bits per heavy atom. The van der Waals surface area contributed by atoms with Gasteiger partial charge in [0.25, 0.3) is 0 Å². The number of likely N-dealkylation sites (tertiary alicyclic amines) is 1. The molecule has 10 heteroatoms. The van der Waals surface area contributed by atoms with Gasteiger partial charge in [0.15, 0.2) is 17.3 Å². The summed E-state index contributed by atoms with van der Waals surface area (Å²) in [6.45, 7) is 1.95. The number of hydrogen-bond acceptors (Lipinski definition) is 7. The third kappa shape index (κ3) is 6.04. The zero-order valence-corrected chi connectivity index (χ0v) is 23.4. The summed E-state index contributed by atoms with van der Waals surface area (Å²) in [5, 5.41) is 3.77. The van der Waals surface area contributed by atoms with Crippen LogP contribution < -0.4 is 14.8 Å². The number of amides is 1. The van der Waals surface area contributed by atoms with Crippen LogP contribution in [-0.4, -0.2) is 72.1 Å². The monoisotopic (exact) mass is 555 g/mol. The highest BCUT2D eigenvalue weighted by Crippen LogP contribution is 2.38. The average molecular weight is 556 g/mol. The summed E-state index contributed by atoms with van der Waals surface area (Å²) in [5.41, 5.74) is 0.883. The number of anilines is 2. The third-order valence-corrected chi connectivity index (χ3v) is 8.19. The Hall–Kier alpha value is -3.17. The topological polar surface area (TPSA) is 79.8 Å². The molecule has 3 aromatic rings. The fraction of sp³-hybridized carbons (Fsp3) is 0.483. The standard InChI is InChI=1S/C29H35ClFN5O3/c1-35(2)29(37)18-11-13-36(14-12-18)19-7-9-20(10-8-19)39-26-15-21-24(16-25(26)38-3)32-17-33-28(21)34-23-6-4-5-22(30)27(23)31/h4-6,15-20H,7-14H2,1-3H3,(H,32,33,34). The normalized spacial score (nSPS) is 20.5. The van der Waals surface area contributed by atoms with Gasteiger partial charge in [-0.3, -0.25) is 4.79 Å². The van der Waals surface area contributed by atoms with Crippen molar-refractivity contribution in [1.29, 1.82) is 0 Å². The van der Waals surface area contributed by atoms with E-state index in [1.165, 1.54) is 12.4 Å². The second-order valence-corrected chi connectivity index (χ2v) is 11.0. The molecule has 0 bridgehead atoms. The number of nitrogens with zero attached hydrogens (tertiary/aromatic N) is 4. The van der Waals surface area contributed by atoms with E-state index >= 15 is 0 Å². The first-order chi connectivity index (χ1) is 18.8. The van der Waals surface area contributed by atoms with E-state index < -0.39 is 5.82 Å². The van der Waals surface area contributed by atoms with Gasteiger partial charge in [0.05, 0.1) is 29.4 Å². The highest BCUT2D eigenvalue weighted by atomic mass is 35.5. The van der Waals surface area contributed by atoms with Gasteiger partial charge >= 0.3 is 0 Å². The van der Waals surface area contributed by atoms with Crippen molar-refractivity contribution in [1.82, 2.24) is 19.8 Å². The highest BCUT2D eigenvalue weighted by Gasteiger charge is 2.32. The summed E-state index contributed by atoms with van der Waals surface area (Å²) in [7, 11) is 5.28. The fourth-order valence-corrected chi connectivity index (χ4v) is 5.90. The molecule has 5 rings (SSSR count). The number of benzene rings is 2. The van der Waals surface area contributed by atoms with E-state index in [9.17, 15) is 9.18 Å². The number of carbonyl (C=O) groups excluding carboxylic acids is 1. The van der Waals surface area contributed by atoms with Gasteiger partial charge < -0.3 is 24.6 Å². The second kappa shape index (κ2) is 11.9. The Morgan fingerprint density at radius 2 is 1.82 bits per heavy atom. The molecular weight excluding hydrogens is 521 g/mol. The number of fused-ring (bicyclic) bond motifs is 1. The molecule has 8 nitrogen and oxygen atoms in total. The molecule has 1 aromatic heterocycles. The molecular formula is C29H35ClFN5O3. The predicted molar refractivity (Wildman–Crippen MR) is 150 cm³/mol. The fourth-order valence-electron chi connectivity index (χ4n) is 5.73. The Labute approximate surface area is 233 Å². The van der Waals surface area contributed by atoms with E-state index in [1.54, 1.807) is 24.1 Å². The van der Waals surface area contributed by atoms with E-state index in [2.05, 4.69) is 20.2 Å². The van der Waals surface area contributed by atoms with Crippen LogP contribution in [0.3, 0.4) is 0 Å². The van der Waals surface area contributed by atoms with E-state index in [-0.39, 0.29) is 28.6 Å². The highest BCUT2D eigenvalue weighted by molar-refractivity contribution is 6.31. The van der Waals surface area contributed by atoms with Crippen molar-refractivity contribution in [2.24, 2.45) is 5.92 Å². The summed E-state index contributed by atoms with van der Waals surface area (Å²) < 4.78 is 26.6. The zero-order valence-electron chi connectivity index (χ0n) is 22.6. The average Bonchev–Trinajstić information content (AvgIpc) is 2.95. The third-order valence-electron chi connectivity index (χ3n) is 7.90. The number of carbonyl (C=O) groups is 1. The van der Waals surface area contributed by atoms with Gasteiger partial charge in [-0.05, 0) is 69.8 Å². The Bertz CT molecular complexity index is 1320. The van der Waals surface area contributed by atoms with Crippen LogP contribution in [0.2, 0.25) is 5.02 Å². The molecule has 0 atom stereocenters. The number of piperidine rings is 1. The van der Waals surface area contributed by atoms with Crippen LogP contribution in [0.15, 0.2) is 36.7 Å². The summed E-state index contributed by atoms with van der Waals surface area (Å²) in [4.78, 5) is 25.3. The molecule has 2 fully saturated rings. The number of nitrogens with one attached hydrogen (secondary N) is 1. The maximum Gasteiger partial charge on any atom is 0.225 e. The molecule has 2 aromatic carbocycles. The molecule has 1 aliphatic heterocycles. The number of ether oxygens (including phenoxy) is 2. The van der Waals surface area contributed by atoms with Gasteiger partial charge in [0, 0.05) is 37.5 Å². The van der Waals surface area contributed by atoms with Crippen molar-refractivity contribution in [3.63, 3.8) is 0 Å². The first-order valence-corrected chi connectivity index (χ1v) is 13.9. The van der Waals surface area contributed by atoms with Crippen LogP contribution >= 0.6 is 11.6 Å². The Kier molecular flexibility index (Phi) is 8.37. The minimum atomic E-state index is -0.541. The molecule has 39 heavy (non-hydrogen) atoms. The van der Waals surface area contributed by atoms with Gasteiger partial charge in [-0.15, -0.1) is 0 Å². The number of hydrogen-bond donors (Lipinski definition) is 1. The zero-order chi connectivity index (χ0) is 27.5. The van der Waals surface area contributed by atoms with Gasteiger partial charge in [-0.2, -0.15) is 0 Å². The van der Waals surface area contributed by atoms with Crippen LogP contribution in [-0.2, 0) is 4.79 Å². The van der Waals surface area contributed by atoms with Crippen molar-refractivity contribution in [3.05, 3.63) is 47.5 Å². The molecule has 1 saturated carbocycles. The Morgan fingerprint density at radius 3 is 2.51 bits per heavy atom. The molecule has 0 spiro atoms. The molecule has 1 N–H and O–H groups in total. The lowest BCUT2D eigenvalue weighted by Crippen LogP contribution is -2.46. The van der Waals surface area contributed by atoms with Crippen LogP contribution in [0.1, 0.15) is 38.5 Å². The number of halogens is 2. The number of aromatic nitrogens is 2. The van der Waals surface area contributed by atoms with Crippen molar-refractivity contribution in [2.75, 3.05) is 39.6 Å². The summed E-state index contributed by atoms with van der Waals surface area (Å²) >= 11 is 5.96. The maximum atomic E-state index is 14.5. The molecule has 208 valence electrons. The van der Waals surface area contributed by atoms with Crippen LogP contribution in [0.25, 0.3) is 10.9 Å². The summed E-state index contributed by atoms with van der Waals surface area (Å²) in [6, 6.07) is 8.98. The summed E-state index contributed by atoms with van der Waals surface area (Å²) in [5.74, 6) is 1.51. The van der Waals surface area contributed by atoms with E-state index in [1.807, 2.05) is 26.2 Å². The molecule has 0 radical (unpaired) electrons.